The van der Waals surface area contributed by atoms with Crippen LogP contribution in [0, 0.1) is 5.92 Å². The van der Waals surface area contributed by atoms with Crippen LogP contribution < -0.4 is 16.2 Å². The van der Waals surface area contributed by atoms with E-state index in [-0.39, 0.29) is 10.6 Å². The van der Waals surface area contributed by atoms with Crippen LogP contribution in [0.1, 0.15) is 20.3 Å². The molecule has 2 N–H and O–H groups in total. The molecule has 0 bridgehead atoms. The fourth-order valence-electron chi connectivity index (χ4n) is 2.53. The average molecular weight is 271 g/mol. The number of rotatable bonds is 3. The third-order valence-electron chi connectivity index (χ3n) is 3.57. The smallest absolute Gasteiger partial charge is 0.287 e. The zero-order valence-electron chi connectivity index (χ0n) is 10.8. The van der Waals surface area contributed by atoms with Crippen molar-refractivity contribution < 1.29 is 0 Å². The highest BCUT2D eigenvalue weighted by Crippen LogP contribution is 2.31. The average Bonchev–Trinajstić information content (AvgIpc) is 2.74. The first-order chi connectivity index (χ1) is 8.58. The predicted molar refractivity (Wildman–Crippen MR) is 73.2 cm³/mol. The highest BCUT2D eigenvalue weighted by atomic mass is 35.5. The highest BCUT2D eigenvalue weighted by Gasteiger charge is 2.30. The summed E-state index contributed by atoms with van der Waals surface area (Å²) in [6.45, 7) is 6.02. The van der Waals surface area contributed by atoms with E-state index in [1.54, 1.807) is 6.20 Å². The van der Waals surface area contributed by atoms with E-state index in [0.29, 0.717) is 25.0 Å². The van der Waals surface area contributed by atoms with Crippen molar-refractivity contribution in [1.29, 1.82) is 0 Å². The first-order valence-corrected chi connectivity index (χ1v) is 6.68. The Hall–Kier alpha value is -1.07. The summed E-state index contributed by atoms with van der Waals surface area (Å²) < 4.78 is 1.37. The molecule has 1 aromatic heterocycles. The molecule has 1 fully saturated rings. The van der Waals surface area contributed by atoms with E-state index >= 15 is 0 Å². The zero-order chi connectivity index (χ0) is 13.3. The normalized spacial score (nSPS) is 23.7. The third kappa shape index (κ3) is 2.24. The van der Waals surface area contributed by atoms with Crippen molar-refractivity contribution in [1.82, 2.24) is 9.78 Å². The van der Waals surface area contributed by atoms with E-state index in [1.165, 1.54) is 4.68 Å². The molecule has 2 atom stereocenters. The molecule has 2 rings (SSSR count). The van der Waals surface area contributed by atoms with E-state index < -0.39 is 0 Å². The van der Waals surface area contributed by atoms with Gasteiger partial charge in [0.15, 0.2) is 0 Å². The van der Waals surface area contributed by atoms with Gasteiger partial charge in [0, 0.05) is 19.1 Å². The first-order valence-electron chi connectivity index (χ1n) is 6.30. The minimum Gasteiger partial charge on any atom is -0.366 e. The van der Waals surface area contributed by atoms with Crippen LogP contribution in [-0.2, 0) is 6.54 Å². The lowest BCUT2D eigenvalue weighted by Crippen LogP contribution is -2.31. The van der Waals surface area contributed by atoms with Gasteiger partial charge in [-0.05, 0) is 32.7 Å². The predicted octanol–water partition coefficient (Wildman–Crippen LogP) is 1.09. The summed E-state index contributed by atoms with van der Waals surface area (Å²) in [4.78, 5) is 14.1. The Morgan fingerprint density at radius 3 is 2.89 bits per heavy atom. The SMILES string of the molecule is CCn1ncc(N2CC(CN)CC2C)c(Cl)c1=O. The van der Waals surface area contributed by atoms with Gasteiger partial charge in [-0.3, -0.25) is 4.79 Å². The van der Waals surface area contributed by atoms with Gasteiger partial charge in [-0.1, -0.05) is 11.6 Å². The van der Waals surface area contributed by atoms with Crippen LogP contribution in [0.5, 0.6) is 0 Å². The number of nitrogens with two attached hydrogens (primary N) is 1. The van der Waals surface area contributed by atoms with Crippen molar-refractivity contribution in [3.05, 3.63) is 21.6 Å². The van der Waals surface area contributed by atoms with Crippen LogP contribution in [-0.4, -0.2) is 28.9 Å². The molecule has 0 spiro atoms. The van der Waals surface area contributed by atoms with Crippen molar-refractivity contribution in [3.63, 3.8) is 0 Å². The molecule has 1 aliphatic heterocycles. The van der Waals surface area contributed by atoms with Crippen LogP contribution in [0.25, 0.3) is 0 Å². The Morgan fingerprint density at radius 2 is 2.33 bits per heavy atom. The Bertz CT molecular complexity index is 487. The van der Waals surface area contributed by atoms with Gasteiger partial charge in [0.05, 0.1) is 11.9 Å². The standard InChI is InChI=1S/C12H19ClN4O/c1-3-17-12(18)11(13)10(6-15-17)16-7-9(5-14)4-8(16)2/h6,8-9H,3-5,7,14H2,1-2H3. The van der Waals surface area contributed by atoms with Gasteiger partial charge in [0.25, 0.3) is 5.56 Å². The van der Waals surface area contributed by atoms with E-state index in [9.17, 15) is 4.79 Å². The number of aryl methyl sites for hydroxylation is 1. The van der Waals surface area contributed by atoms with Gasteiger partial charge >= 0.3 is 0 Å². The lowest BCUT2D eigenvalue weighted by Gasteiger charge is -2.24. The molecule has 5 nitrogen and oxygen atoms in total. The summed E-state index contributed by atoms with van der Waals surface area (Å²) in [5.74, 6) is 0.463. The van der Waals surface area contributed by atoms with Crippen molar-refractivity contribution in [3.8, 4) is 0 Å². The summed E-state index contributed by atoms with van der Waals surface area (Å²) >= 11 is 6.17. The molecular weight excluding hydrogens is 252 g/mol. The Kier molecular flexibility index (Phi) is 3.92. The monoisotopic (exact) mass is 270 g/mol. The molecule has 0 amide bonds. The Balaban J connectivity index is 2.35. The molecule has 0 aromatic carbocycles. The van der Waals surface area contributed by atoms with E-state index in [2.05, 4.69) is 16.9 Å². The van der Waals surface area contributed by atoms with Crippen molar-refractivity contribution in [2.75, 3.05) is 18.0 Å². The van der Waals surface area contributed by atoms with Crippen molar-refractivity contribution in [2.24, 2.45) is 11.7 Å². The van der Waals surface area contributed by atoms with Crippen molar-refractivity contribution in [2.45, 2.75) is 32.9 Å². The second kappa shape index (κ2) is 5.28. The maximum Gasteiger partial charge on any atom is 0.287 e. The third-order valence-corrected chi connectivity index (χ3v) is 3.93. The fourth-order valence-corrected chi connectivity index (χ4v) is 2.79. The molecule has 1 aliphatic rings. The van der Waals surface area contributed by atoms with Crippen molar-refractivity contribution >= 4 is 17.3 Å². The lowest BCUT2D eigenvalue weighted by atomic mass is 10.1. The quantitative estimate of drug-likeness (QED) is 0.893. The summed E-state index contributed by atoms with van der Waals surface area (Å²) in [7, 11) is 0. The highest BCUT2D eigenvalue weighted by molar-refractivity contribution is 6.33. The summed E-state index contributed by atoms with van der Waals surface area (Å²) in [6.07, 6.45) is 2.71. The van der Waals surface area contributed by atoms with Gasteiger partial charge in [-0.15, -0.1) is 0 Å². The molecule has 0 aliphatic carbocycles. The van der Waals surface area contributed by atoms with E-state index in [4.69, 9.17) is 17.3 Å². The van der Waals surface area contributed by atoms with Gasteiger partial charge in [0.2, 0.25) is 0 Å². The number of hydrogen-bond donors (Lipinski definition) is 1. The molecule has 0 radical (unpaired) electrons. The molecular formula is C12H19ClN4O. The second-order valence-electron chi connectivity index (χ2n) is 4.80. The van der Waals surface area contributed by atoms with Gasteiger partial charge in [-0.25, -0.2) is 4.68 Å². The summed E-state index contributed by atoms with van der Waals surface area (Å²) in [5, 5.41) is 4.39. The van der Waals surface area contributed by atoms with E-state index in [0.717, 1.165) is 18.7 Å². The molecule has 1 saturated heterocycles. The van der Waals surface area contributed by atoms with Crippen LogP contribution in [0.15, 0.2) is 11.0 Å². The number of aromatic nitrogens is 2. The summed E-state index contributed by atoms with van der Waals surface area (Å²) in [6, 6.07) is 0.342. The second-order valence-corrected chi connectivity index (χ2v) is 5.18. The zero-order valence-corrected chi connectivity index (χ0v) is 11.5. The van der Waals surface area contributed by atoms with Crippen LogP contribution in [0.3, 0.4) is 0 Å². The van der Waals surface area contributed by atoms with Crippen LogP contribution in [0.2, 0.25) is 5.02 Å². The van der Waals surface area contributed by atoms with Crippen LogP contribution in [0.4, 0.5) is 5.69 Å². The molecule has 2 unspecified atom stereocenters. The molecule has 2 heterocycles. The largest absolute Gasteiger partial charge is 0.366 e. The number of nitrogens with zero attached hydrogens (tertiary/aromatic N) is 3. The summed E-state index contributed by atoms with van der Waals surface area (Å²) in [5.41, 5.74) is 6.22. The number of halogens is 1. The van der Waals surface area contributed by atoms with Gasteiger partial charge in [0.1, 0.15) is 5.02 Å². The molecule has 100 valence electrons. The first kappa shape index (κ1) is 13.4. The molecule has 0 saturated carbocycles. The number of anilines is 1. The Morgan fingerprint density at radius 1 is 1.61 bits per heavy atom. The maximum atomic E-state index is 12.0. The minimum atomic E-state index is -0.222. The molecule has 18 heavy (non-hydrogen) atoms. The van der Waals surface area contributed by atoms with E-state index in [1.807, 2.05) is 6.92 Å². The number of hydrogen-bond acceptors (Lipinski definition) is 4. The lowest BCUT2D eigenvalue weighted by molar-refractivity contribution is 0.579. The van der Waals surface area contributed by atoms with Gasteiger partial charge < -0.3 is 10.6 Å². The van der Waals surface area contributed by atoms with Crippen LogP contribution >= 0.6 is 11.6 Å². The Labute approximate surface area is 112 Å². The maximum absolute atomic E-state index is 12.0. The molecule has 6 heteroatoms. The van der Waals surface area contributed by atoms with Gasteiger partial charge in [-0.2, -0.15) is 5.10 Å². The molecule has 1 aromatic rings. The topological polar surface area (TPSA) is 64.2 Å². The minimum absolute atomic E-state index is 0.222. The fraction of sp³-hybridized carbons (Fsp3) is 0.667.